The van der Waals surface area contributed by atoms with Gasteiger partial charge in [0.25, 0.3) is 11.6 Å². The van der Waals surface area contributed by atoms with Crippen molar-refractivity contribution in [1.29, 1.82) is 0 Å². The maximum atomic E-state index is 12.9. The predicted molar refractivity (Wildman–Crippen MR) is 109 cm³/mol. The van der Waals surface area contributed by atoms with Crippen molar-refractivity contribution in [2.24, 2.45) is 5.92 Å². The van der Waals surface area contributed by atoms with Crippen LogP contribution in [0.2, 0.25) is 0 Å². The SMILES string of the molecule is CNc1ccc([N+](=O)[O-])cc1C(=O)N1CCC(C(=O)c2ccc(OC)cc2)CC1. The Bertz CT molecular complexity index is 918. The molecule has 1 fully saturated rings. The number of non-ortho nitro benzene ring substituents is 1. The quantitative estimate of drug-likeness (QED) is 0.455. The van der Waals surface area contributed by atoms with Gasteiger partial charge in [-0.2, -0.15) is 0 Å². The lowest BCUT2D eigenvalue weighted by atomic mass is 9.88. The van der Waals surface area contributed by atoms with Crippen LogP contribution in [0.5, 0.6) is 5.75 Å². The molecule has 2 aromatic rings. The zero-order chi connectivity index (χ0) is 21.0. The van der Waals surface area contributed by atoms with E-state index in [-0.39, 0.29) is 28.9 Å². The van der Waals surface area contributed by atoms with Crippen LogP contribution in [0.3, 0.4) is 0 Å². The zero-order valence-electron chi connectivity index (χ0n) is 16.4. The number of likely N-dealkylation sites (tertiary alicyclic amines) is 1. The molecule has 1 aliphatic heterocycles. The highest BCUT2D eigenvalue weighted by molar-refractivity contribution is 6.01. The summed E-state index contributed by atoms with van der Waals surface area (Å²) in [6, 6.07) is 11.2. The van der Waals surface area contributed by atoms with Gasteiger partial charge in [0.1, 0.15) is 5.75 Å². The lowest BCUT2D eigenvalue weighted by molar-refractivity contribution is -0.384. The van der Waals surface area contributed by atoms with Crippen molar-refractivity contribution in [3.05, 3.63) is 63.7 Å². The molecule has 0 unspecified atom stereocenters. The van der Waals surface area contributed by atoms with Crippen molar-refractivity contribution >= 4 is 23.1 Å². The maximum Gasteiger partial charge on any atom is 0.270 e. The number of amides is 1. The van der Waals surface area contributed by atoms with Crippen molar-refractivity contribution < 1.29 is 19.2 Å². The molecule has 1 N–H and O–H groups in total. The van der Waals surface area contributed by atoms with Crippen LogP contribution < -0.4 is 10.1 Å². The van der Waals surface area contributed by atoms with Crippen LogP contribution in [0.15, 0.2) is 42.5 Å². The summed E-state index contributed by atoms with van der Waals surface area (Å²) >= 11 is 0. The summed E-state index contributed by atoms with van der Waals surface area (Å²) < 4.78 is 5.12. The molecule has 29 heavy (non-hydrogen) atoms. The third kappa shape index (κ3) is 4.37. The number of carbonyl (C=O) groups is 2. The van der Waals surface area contributed by atoms with Gasteiger partial charge in [0.2, 0.25) is 0 Å². The fraction of sp³-hybridized carbons (Fsp3) is 0.333. The number of Topliss-reactive ketones (excluding diaryl/α,β-unsaturated/α-hetero) is 1. The van der Waals surface area contributed by atoms with E-state index in [9.17, 15) is 19.7 Å². The first-order chi connectivity index (χ1) is 13.9. The molecule has 8 nitrogen and oxygen atoms in total. The zero-order valence-corrected chi connectivity index (χ0v) is 16.4. The Kier molecular flexibility index (Phi) is 6.11. The van der Waals surface area contributed by atoms with Crippen LogP contribution in [0.4, 0.5) is 11.4 Å². The number of nitro groups is 1. The molecule has 1 saturated heterocycles. The average Bonchev–Trinajstić information content (AvgIpc) is 2.77. The van der Waals surface area contributed by atoms with Crippen LogP contribution in [-0.2, 0) is 0 Å². The van der Waals surface area contributed by atoms with Crippen LogP contribution in [0, 0.1) is 16.0 Å². The molecule has 0 spiro atoms. The highest BCUT2D eigenvalue weighted by atomic mass is 16.6. The Hall–Kier alpha value is -3.42. The minimum absolute atomic E-state index is 0.0611. The summed E-state index contributed by atoms with van der Waals surface area (Å²) in [5.41, 5.74) is 1.31. The number of piperidine rings is 1. The normalized spacial score (nSPS) is 14.3. The van der Waals surface area contributed by atoms with Gasteiger partial charge in [0.05, 0.1) is 17.6 Å². The van der Waals surface area contributed by atoms with Crippen molar-refractivity contribution in [3.8, 4) is 5.75 Å². The highest BCUT2D eigenvalue weighted by Crippen LogP contribution is 2.27. The molecule has 0 bridgehead atoms. The summed E-state index contributed by atoms with van der Waals surface area (Å²) in [6.45, 7) is 0.856. The molecule has 1 heterocycles. The van der Waals surface area contributed by atoms with Gasteiger partial charge in [-0.15, -0.1) is 0 Å². The van der Waals surface area contributed by atoms with Gasteiger partial charge in [-0.25, -0.2) is 0 Å². The molecule has 0 aliphatic carbocycles. The van der Waals surface area contributed by atoms with Gasteiger partial charge in [-0.3, -0.25) is 19.7 Å². The molecule has 1 amide bonds. The smallest absolute Gasteiger partial charge is 0.270 e. The van der Waals surface area contributed by atoms with E-state index in [4.69, 9.17) is 4.74 Å². The first-order valence-electron chi connectivity index (χ1n) is 9.38. The summed E-state index contributed by atoms with van der Waals surface area (Å²) in [5, 5.41) is 14.0. The standard InChI is InChI=1S/C21H23N3O5/c1-22-19-8-5-16(24(27)28)13-18(19)21(26)23-11-9-15(10-12-23)20(25)14-3-6-17(29-2)7-4-14/h3-8,13,15,22H,9-12H2,1-2H3. The van der Waals surface area contributed by atoms with E-state index >= 15 is 0 Å². The van der Waals surface area contributed by atoms with Gasteiger partial charge in [0, 0.05) is 49.4 Å². The Morgan fingerprint density at radius 3 is 2.34 bits per heavy atom. The summed E-state index contributed by atoms with van der Waals surface area (Å²) in [5.74, 6) is 0.333. The number of anilines is 1. The predicted octanol–water partition coefficient (Wildman–Crippen LogP) is 3.38. The highest BCUT2D eigenvalue weighted by Gasteiger charge is 2.29. The van der Waals surface area contributed by atoms with Crippen molar-refractivity contribution in [3.63, 3.8) is 0 Å². The van der Waals surface area contributed by atoms with E-state index in [0.717, 1.165) is 0 Å². The molecule has 0 atom stereocenters. The molecule has 152 valence electrons. The molecule has 0 saturated carbocycles. The lowest BCUT2D eigenvalue weighted by Crippen LogP contribution is -2.40. The first-order valence-corrected chi connectivity index (χ1v) is 9.38. The molecule has 3 rings (SSSR count). The van der Waals surface area contributed by atoms with E-state index in [0.29, 0.717) is 42.9 Å². The number of hydrogen-bond acceptors (Lipinski definition) is 6. The topological polar surface area (TPSA) is 102 Å². The number of rotatable bonds is 6. The number of nitro benzene ring substituents is 1. The molecule has 1 aliphatic rings. The van der Waals surface area contributed by atoms with Gasteiger partial charge >= 0.3 is 0 Å². The van der Waals surface area contributed by atoms with Gasteiger partial charge in [-0.05, 0) is 43.2 Å². The molecule has 0 aromatic heterocycles. The average molecular weight is 397 g/mol. The Morgan fingerprint density at radius 1 is 1.14 bits per heavy atom. The molecular weight excluding hydrogens is 374 g/mol. The number of hydrogen-bond donors (Lipinski definition) is 1. The van der Waals surface area contributed by atoms with E-state index in [1.807, 2.05) is 0 Å². The Balaban J connectivity index is 1.68. The first kappa shape index (κ1) is 20.3. The van der Waals surface area contributed by atoms with E-state index in [2.05, 4.69) is 5.32 Å². The number of nitrogens with one attached hydrogen (secondary N) is 1. The second-order valence-corrected chi connectivity index (χ2v) is 6.90. The summed E-state index contributed by atoms with van der Waals surface area (Å²) in [7, 11) is 3.24. The van der Waals surface area contributed by atoms with Gasteiger partial charge in [-0.1, -0.05) is 0 Å². The number of benzene rings is 2. The number of ketones is 1. The molecule has 2 aromatic carbocycles. The maximum absolute atomic E-state index is 12.9. The van der Waals surface area contributed by atoms with Crippen LogP contribution in [-0.4, -0.2) is 48.8 Å². The van der Waals surface area contributed by atoms with Gasteiger partial charge in [0.15, 0.2) is 5.78 Å². The minimum Gasteiger partial charge on any atom is -0.497 e. The molecule has 8 heteroatoms. The van der Waals surface area contributed by atoms with E-state index < -0.39 is 4.92 Å². The van der Waals surface area contributed by atoms with Gasteiger partial charge < -0.3 is 15.0 Å². The van der Waals surface area contributed by atoms with Crippen molar-refractivity contribution in [1.82, 2.24) is 4.90 Å². The summed E-state index contributed by atoms with van der Waals surface area (Å²) in [6.07, 6.45) is 1.11. The van der Waals surface area contributed by atoms with Crippen molar-refractivity contribution in [2.45, 2.75) is 12.8 Å². The van der Waals surface area contributed by atoms with E-state index in [1.165, 1.54) is 18.2 Å². The second kappa shape index (κ2) is 8.72. The van der Waals surface area contributed by atoms with Crippen LogP contribution in [0.25, 0.3) is 0 Å². The van der Waals surface area contributed by atoms with Crippen LogP contribution >= 0.6 is 0 Å². The van der Waals surface area contributed by atoms with E-state index in [1.54, 1.807) is 43.3 Å². The van der Waals surface area contributed by atoms with Crippen molar-refractivity contribution in [2.75, 3.05) is 32.6 Å². The molecule has 0 radical (unpaired) electrons. The Labute approximate surface area is 168 Å². The fourth-order valence-corrected chi connectivity index (χ4v) is 3.55. The second-order valence-electron chi connectivity index (χ2n) is 6.90. The third-order valence-electron chi connectivity index (χ3n) is 5.24. The number of ether oxygens (including phenoxy) is 1. The number of methoxy groups -OCH3 is 1. The Morgan fingerprint density at radius 2 is 1.79 bits per heavy atom. The lowest BCUT2D eigenvalue weighted by Gasteiger charge is -2.31. The van der Waals surface area contributed by atoms with Crippen LogP contribution in [0.1, 0.15) is 33.6 Å². The minimum atomic E-state index is -0.518. The fourth-order valence-electron chi connectivity index (χ4n) is 3.55. The largest absolute Gasteiger partial charge is 0.497 e. The number of carbonyl (C=O) groups excluding carboxylic acids is 2. The summed E-state index contributed by atoms with van der Waals surface area (Å²) in [4.78, 5) is 37.9. The number of nitrogens with zero attached hydrogens (tertiary/aromatic N) is 2. The molecular formula is C21H23N3O5. The third-order valence-corrected chi connectivity index (χ3v) is 5.24. The monoisotopic (exact) mass is 397 g/mol.